The van der Waals surface area contributed by atoms with Gasteiger partial charge in [-0.15, -0.1) is 0 Å². The van der Waals surface area contributed by atoms with Crippen molar-refractivity contribution in [1.82, 2.24) is 14.9 Å². The van der Waals surface area contributed by atoms with E-state index in [1.165, 1.54) is 24.8 Å². The lowest BCUT2D eigenvalue weighted by Gasteiger charge is -2.30. The molecule has 1 aromatic heterocycles. The number of anilines is 1. The lowest BCUT2D eigenvalue weighted by molar-refractivity contribution is -0.192. The Hall–Kier alpha value is -2.39. The molecule has 30 heavy (non-hydrogen) atoms. The summed E-state index contributed by atoms with van der Waals surface area (Å²) < 4.78 is 31.7. The first kappa shape index (κ1) is 22.3. The Balaban J connectivity index is 0.000000318. The molecule has 2 heterocycles. The quantitative estimate of drug-likeness (QED) is 0.735. The normalized spacial score (nSPS) is 16.7. The van der Waals surface area contributed by atoms with Gasteiger partial charge in [0, 0.05) is 32.1 Å². The van der Waals surface area contributed by atoms with E-state index < -0.39 is 12.1 Å². The third-order valence-electron chi connectivity index (χ3n) is 4.98. The highest BCUT2D eigenvalue weighted by atomic mass is 35.5. The minimum atomic E-state index is -5.08. The van der Waals surface area contributed by atoms with Crippen LogP contribution in [0.1, 0.15) is 36.2 Å². The van der Waals surface area contributed by atoms with E-state index in [9.17, 15) is 13.2 Å². The number of benzene rings is 1. The highest BCUT2D eigenvalue weighted by Gasteiger charge is 2.38. The van der Waals surface area contributed by atoms with Crippen molar-refractivity contribution in [3.05, 3.63) is 52.4 Å². The highest BCUT2D eigenvalue weighted by Crippen LogP contribution is 2.28. The van der Waals surface area contributed by atoms with E-state index in [4.69, 9.17) is 26.5 Å². The molecule has 0 saturated heterocycles. The number of fused-ring (bicyclic) bond motifs is 1. The Morgan fingerprint density at radius 3 is 2.43 bits per heavy atom. The van der Waals surface area contributed by atoms with Crippen LogP contribution in [-0.2, 0) is 24.3 Å². The molecule has 0 radical (unpaired) electrons. The van der Waals surface area contributed by atoms with E-state index in [2.05, 4.69) is 45.5 Å². The number of aromatic nitrogens is 2. The number of hydrogen-bond acceptors (Lipinski definition) is 5. The largest absolute Gasteiger partial charge is 0.490 e. The van der Waals surface area contributed by atoms with Gasteiger partial charge in [0.05, 0.1) is 11.4 Å². The van der Waals surface area contributed by atoms with Crippen molar-refractivity contribution in [2.75, 3.05) is 11.9 Å². The number of nitrogens with zero attached hydrogens (tertiary/aromatic N) is 3. The number of alkyl halides is 3. The number of nitrogens with one attached hydrogen (secondary N) is 1. The first-order valence-electron chi connectivity index (χ1n) is 9.60. The van der Waals surface area contributed by atoms with Crippen LogP contribution in [0, 0.1) is 0 Å². The van der Waals surface area contributed by atoms with Gasteiger partial charge in [-0.1, -0.05) is 41.9 Å². The molecular weight excluding hydrogens is 421 g/mol. The van der Waals surface area contributed by atoms with Gasteiger partial charge < -0.3 is 10.4 Å². The van der Waals surface area contributed by atoms with Gasteiger partial charge in [0.2, 0.25) is 0 Å². The van der Waals surface area contributed by atoms with E-state index in [1.807, 2.05) is 0 Å². The fraction of sp³-hybridized carbons (Fsp3) is 0.450. The summed E-state index contributed by atoms with van der Waals surface area (Å²) in [6.07, 6.45) is -0.437. The molecule has 0 spiro atoms. The average molecular weight is 443 g/mol. The Morgan fingerprint density at radius 1 is 1.20 bits per heavy atom. The minimum absolute atomic E-state index is 0.511. The number of halogens is 4. The molecule has 0 amide bonds. The molecule has 1 saturated carbocycles. The SMILES string of the molecule is Clc1nc2c(nc1NC1CCC1)CCN(Cc1ccccc1)C2.O=C(O)C(F)(F)F. The molecule has 2 N–H and O–H groups in total. The van der Waals surface area contributed by atoms with Crippen LogP contribution < -0.4 is 5.32 Å². The number of aliphatic carboxylic acids is 1. The number of hydrogen-bond donors (Lipinski definition) is 2. The summed E-state index contributed by atoms with van der Waals surface area (Å²) in [5, 5.41) is 11.1. The summed E-state index contributed by atoms with van der Waals surface area (Å²) in [7, 11) is 0. The third-order valence-corrected chi connectivity index (χ3v) is 5.25. The van der Waals surface area contributed by atoms with Crippen LogP contribution in [0.3, 0.4) is 0 Å². The second kappa shape index (κ2) is 9.61. The van der Waals surface area contributed by atoms with Gasteiger partial charge in [0.1, 0.15) is 0 Å². The summed E-state index contributed by atoms with van der Waals surface area (Å²) in [4.78, 5) is 20.7. The maximum absolute atomic E-state index is 10.6. The van der Waals surface area contributed by atoms with Crippen molar-refractivity contribution < 1.29 is 23.1 Å². The Labute approximate surface area is 177 Å². The predicted molar refractivity (Wildman–Crippen MR) is 106 cm³/mol. The Bertz CT molecular complexity index is 876. The van der Waals surface area contributed by atoms with E-state index >= 15 is 0 Å². The zero-order valence-corrected chi connectivity index (χ0v) is 16.9. The molecule has 1 aliphatic carbocycles. The first-order valence-corrected chi connectivity index (χ1v) is 9.98. The van der Waals surface area contributed by atoms with E-state index in [-0.39, 0.29) is 0 Å². The van der Waals surface area contributed by atoms with Crippen LogP contribution in [0.4, 0.5) is 19.0 Å². The predicted octanol–water partition coefficient (Wildman–Crippen LogP) is 4.29. The number of carboxylic acids is 1. The zero-order valence-electron chi connectivity index (χ0n) is 16.1. The van der Waals surface area contributed by atoms with Crippen LogP contribution in [0.25, 0.3) is 0 Å². The van der Waals surface area contributed by atoms with Crippen LogP contribution in [0.5, 0.6) is 0 Å². The van der Waals surface area contributed by atoms with Crippen molar-refractivity contribution >= 4 is 23.4 Å². The fourth-order valence-electron chi connectivity index (χ4n) is 3.18. The van der Waals surface area contributed by atoms with E-state index in [0.29, 0.717) is 11.2 Å². The average Bonchev–Trinajstić information content (AvgIpc) is 2.65. The summed E-state index contributed by atoms with van der Waals surface area (Å²) in [5.74, 6) is -1.99. The van der Waals surface area contributed by atoms with Crippen molar-refractivity contribution in [3.8, 4) is 0 Å². The lowest BCUT2D eigenvalue weighted by Crippen LogP contribution is -2.32. The molecule has 0 bridgehead atoms. The molecule has 1 aliphatic heterocycles. The molecule has 0 unspecified atom stereocenters. The first-order chi connectivity index (χ1) is 14.2. The zero-order chi connectivity index (χ0) is 21.7. The summed E-state index contributed by atoms with van der Waals surface area (Å²) in [6.45, 7) is 2.78. The minimum Gasteiger partial charge on any atom is -0.475 e. The van der Waals surface area contributed by atoms with Gasteiger partial charge in [-0.05, 0) is 24.8 Å². The second-order valence-electron chi connectivity index (χ2n) is 7.28. The van der Waals surface area contributed by atoms with Gasteiger partial charge in [-0.2, -0.15) is 13.2 Å². The number of carboxylic acid groups (broad SMARTS) is 1. The molecular formula is C20H22ClF3N4O2. The molecule has 1 aromatic carbocycles. The molecule has 2 aromatic rings. The van der Waals surface area contributed by atoms with Crippen molar-refractivity contribution in [2.24, 2.45) is 0 Å². The molecule has 4 rings (SSSR count). The summed E-state index contributed by atoms with van der Waals surface area (Å²) >= 11 is 6.34. The smallest absolute Gasteiger partial charge is 0.475 e. The van der Waals surface area contributed by atoms with Gasteiger partial charge in [-0.25, -0.2) is 14.8 Å². The Morgan fingerprint density at radius 2 is 1.87 bits per heavy atom. The van der Waals surface area contributed by atoms with Crippen LogP contribution in [0.15, 0.2) is 30.3 Å². The van der Waals surface area contributed by atoms with Crippen LogP contribution in [0.2, 0.25) is 5.15 Å². The summed E-state index contributed by atoms with van der Waals surface area (Å²) in [5.41, 5.74) is 3.45. The highest BCUT2D eigenvalue weighted by molar-refractivity contribution is 6.31. The number of carbonyl (C=O) groups is 1. The molecule has 10 heteroatoms. The summed E-state index contributed by atoms with van der Waals surface area (Å²) in [6, 6.07) is 11.1. The van der Waals surface area contributed by atoms with E-state index in [0.717, 1.165) is 43.3 Å². The van der Waals surface area contributed by atoms with Crippen LogP contribution in [-0.4, -0.2) is 44.7 Å². The van der Waals surface area contributed by atoms with Crippen molar-refractivity contribution in [1.29, 1.82) is 0 Å². The second-order valence-corrected chi connectivity index (χ2v) is 7.64. The molecule has 6 nitrogen and oxygen atoms in total. The fourth-order valence-corrected chi connectivity index (χ4v) is 3.38. The third kappa shape index (κ3) is 6.06. The molecule has 162 valence electrons. The maximum atomic E-state index is 10.6. The monoisotopic (exact) mass is 442 g/mol. The van der Waals surface area contributed by atoms with Crippen molar-refractivity contribution in [2.45, 2.75) is 51.0 Å². The van der Waals surface area contributed by atoms with E-state index in [1.54, 1.807) is 0 Å². The number of rotatable bonds is 4. The molecule has 0 atom stereocenters. The maximum Gasteiger partial charge on any atom is 0.490 e. The van der Waals surface area contributed by atoms with Gasteiger partial charge in [-0.3, -0.25) is 4.90 Å². The standard InChI is InChI=1S/C18H21ClN4.C2HF3O2/c19-17-18(20-14-7-4-8-14)22-15-9-10-23(12-16(15)21-17)11-13-5-2-1-3-6-13;3-2(4,5)1(6)7/h1-3,5-6,14H,4,7-12H2,(H,20,22);(H,6,7). The van der Waals surface area contributed by atoms with Gasteiger partial charge in [0.25, 0.3) is 0 Å². The molecule has 1 fully saturated rings. The van der Waals surface area contributed by atoms with Crippen LogP contribution >= 0.6 is 11.6 Å². The van der Waals surface area contributed by atoms with Crippen molar-refractivity contribution in [3.63, 3.8) is 0 Å². The van der Waals surface area contributed by atoms with Gasteiger partial charge >= 0.3 is 12.1 Å². The molecule has 2 aliphatic rings. The van der Waals surface area contributed by atoms with Gasteiger partial charge in [0.15, 0.2) is 11.0 Å². The lowest BCUT2D eigenvalue weighted by atomic mass is 9.93. The Kier molecular flexibility index (Phi) is 7.14. The topological polar surface area (TPSA) is 78.4 Å².